The summed E-state index contributed by atoms with van der Waals surface area (Å²) in [6.45, 7) is 0. The van der Waals surface area contributed by atoms with Gasteiger partial charge in [0.15, 0.2) is 11.5 Å². The molecule has 0 saturated carbocycles. The van der Waals surface area contributed by atoms with Gasteiger partial charge in [0, 0.05) is 17.5 Å². The summed E-state index contributed by atoms with van der Waals surface area (Å²) in [5.74, 6) is 0.650. The molecular weight excluding hydrogens is 330 g/mol. The van der Waals surface area contributed by atoms with Crippen LogP contribution < -0.4 is 10.5 Å². The standard InChI is InChI=1S/C20H15N3O3/c1-26-17-8-10(2-5-16(17)25)18-14-7-11-6-12(24)3-4-13(11)19(14)23-20(22)15(18)9-21/h2-6,8,24-25H,7H2,1H3,(H2,22,23). The van der Waals surface area contributed by atoms with Crippen molar-refractivity contribution in [3.8, 4) is 45.7 Å². The van der Waals surface area contributed by atoms with Crippen molar-refractivity contribution in [3.63, 3.8) is 0 Å². The first-order chi connectivity index (χ1) is 12.5. The summed E-state index contributed by atoms with van der Waals surface area (Å²) in [6.07, 6.45) is 0.527. The number of benzene rings is 2. The molecule has 0 saturated heterocycles. The van der Waals surface area contributed by atoms with Crippen LogP contribution in [0.4, 0.5) is 5.82 Å². The van der Waals surface area contributed by atoms with E-state index >= 15 is 0 Å². The molecule has 6 heteroatoms. The van der Waals surface area contributed by atoms with Gasteiger partial charge in [0.05, 0.1) is 12.8 Å². The second-order valence-corrected chi connectivity index (χ2v) is 6.09. The van der Waals surface area contributed by atoms with Crippen LogP contribution in [0, 0.1) is 11.3 Å². The Morgan fingerprint density at radius 2 is 2.00 bits per heavy atom. The lowest BCUT2D eigenvalue weighted by Gasteiger charge is -2.14. The van der Waals surface area contributed by atoms with E-state index < -0.39 is 0 Å². The summed E-state index contributed by atoms with van der Waals surface area (Å²) in [6, 6.07) is 12.2. The fourth-order valence-corrected chi connectivity index (χ4v) is 3.45. The van der Waals surface area contributed by atoms with Gasteiger partial charge >= 0.3 is 0 Å². The molecule has 1 aromatic heterocycles. The third-order valence-corrected chi connectivity index (χ3v) is 4.62. The number of nitrogen functional groups attached to an aromatic ring is 1. The highest BCUT2D eigenvalue weighted by molar-refractivity contribution is 5.89. The number of nitrogens with zero attached hydrogens (tertiary/aromatic N) is 2. The van der Waals surface area contributed by atoms with Gasteiger partial charge in [-0.1, -0.05) is 6.07 Å². The van der Waals surface area contributed by atoms with Gasteiger partial charge in [-0.2, -0.15) is 5.26 Å². The van der Waals surface area contributed by atoms with Gasteiger partial charge in [0.1, 0.15) is 23.2 Å². The van der Waals surface area contributed by atoms with Crippen LogP contribution in [0.2, 0.25) is 0 Å². The van der Waals surface area contributed by atoms with E-state index in [2.05, 4.69) is 11.1 Å². The average molecular weight is 345 g/mol. The molecule has 1 heterocycles. The van der Waals surface area contributed by atoms with Gasteiger partial charge in [-0.25, -0.2) is 4.98 Å². The van der Waals surface area contributed by atoms with Crippen LogP contribution in [0.5, 0.6) is 17.2 Å². The minimum atomic E-state index is 0.0154. The molecule has 0 radical (unpaired) electrons. The summed E-state index contributed by atoms with van der Waals surface area (Å²) in [5, 5.41) is 29.3. The summed E-state index contributed by atoms with van der Waals surface area (Å²) >= 11 is 0. The number of aromatic nitrogens is 1. The molecule has 0 spiro atoms. The highest BCUT2D eigenvalue weighted by atomic mass is 16.5. The van der Waals surface area contributed by atoms with Crippen LogP contribution in [0.15, 0.2) is 36.4 Å². The number of hydrogen-bond donors (Lipinski definition) is 3. The molecule has 0 fully saturated rings. The third-order valence-electron chi connectivity index (χ3n) is 4.62. The quantitative estimate of drug-likeness (QED) is 0.514. The lowest BCUT2D eigenvalue weighted by atomic mass is 9.93. The second kappa shape index (κ2) is 5.67. The monoisotopic (exact) mass is 345 g/mol. The first kappa shape index (κ1) is 15.8. The molecule has 4 N–H and O–H groups in total. The van der Waals surface area contributed by atoms with E-state index in [1.165, 1.54) is 13.2 Å². The van der Waals surface area contributed by atoms with Crippen LogP contribution in [-0.2, 0) is 6.42 Å². The highest BCUT2D eigenvalue weighted by Gasteiger charge is 2.28. The van der Waals surface area contributed by atoms with Crippen molar-refractivity contribution in [2.75, 3.05) is 12.8 Å². The number of nitriles is 1. The van der Waals surface area contributed by atoms with Crippen molar-refractivity contribution >= 4 is 5.82 Å². The fourth-order valence-electron chi connectivity index (χ4n) is 3.45. The zero-order chi connectivity index (χ0) is 18.4. The van der Waals surface area contributed by atoms with Crippen LogP contribution in [0.3, 0.4) is 0 Å². The molecule has 4 rings (SSSR count). The van der Waals surface area contributed by atoms with Crippen LogP contribution in [0.25, 0.3) is 22.4 Å². The summed E-state index contributed by atoms with van der Waals surface area (Å²) in [4.78, 5) is 4.43. The highest BCUT2D eigenvalue weighted by Crippen LogP contribution is 2.45. The number of ether oxygens (including phenoxy) is 1. The maximum absolute atomic E-state index is 9.87. The molecule has 2 aromatic carbocycles. The van der Waals surface area contributed by atoms with Crippen molar-refractivity contribution in [1.82, 2.24) is 4.98 Å². The van der Waals surface area contributed by atoms with Gasteiger partial charge in [0.25, 0.3) is 0 Å². The zero-order valence-electron chi connectivity index (χ0n) is 13.9. The largest absolute Gasteiger partial charge is 0.508 e. The number of phenolic OH excluding ortho intramolecular Hbond substituents is 2. The van der Waals surface area contributed by atoms with Crippen LogP contribution in [-0.4, -0.2) is 22.3 Å². The Bertz CT molecular complexity index is 1100. The first-order valence-electron chi connectivity index (χ1n) is 7.95. The number of anilines is 1. The predicted molar refractivity (Wildman–Crippen MR) is 96.9 cm³/mol. The van der Waals surface area contributed by atoms with E-state index in [4.69, 9.17) is 10.5 Å². The van der Waals surface area contributed by atoms with E-state index in [-0.39, 0.29) is 22.9 Å². The minimum Gasteiger partial charge on any atom is -0.508 e. The van der Waals surface area contributed by atoms with E-state index in [9.17, 15) is 15.5 Å². The van der Waals surface area contributed by atoms with Gasteiger partial charge < -0.3 is 20.7 Å². The van der Waals surface area contributed by atoms with E-state index in [1.54, 1.807) is 30.3 Å². The summed E-state index contributed by atoms with van der Waals surface area (Å²) in [7, 11) is 1.47. The number of phenols is 2. The number of rotatable bonds is 2. The molecule has 26 heavy (non-hydrogen) atoms. The summed E-state index contributed by atoms with van der Waals surface area (Å²) < 4.78 is 5.19. The van der Waals surface area contributed by atoms with E-state index in [0.717, 1.165) is 16.7 Å². The average Bonchev–Trinajstić information content (AvgIpc) is 2.98. The van der Waals surface area contributed by atoms with Crippen LogP contribution in [0.1, 0.15) is 16.7 Å². The minimum absolute atomic E-state index is 0.0154. The van der Waals surface area contributed by atoms with Crippen molar-refractivity contribution < 1.29 is 14.9 Å². The SMILES string of the molecule is COc1cc(-c2c(C#N)c(N)nc3c2Cc2cc(O)ccc2-3)ccc1O. The molecule has 0 aliphatic heterocycles. The lowest BCUT2D eigenvalue weighted by Crippen LogP contribution is -2.02. The Hall–Kier alpha value is -3.72. The van der Waals surface area contributed by atoms with Crippen molar-refractivity contribution in [2.24, 2.45) is 0 Å². The second-order valence-electron chi connectivity index (χ2n) is 6.09. The number of methoxy groups -OCH3 is 1. The molecular formula is C20H15N3O3. The summed E-state index contributed by atoms with van der Waals surface area (Å²) in [5.41, 5.74) is 11.1. The Kier molecular flexibility index (Phi) is 3.44. The maximum atomic E-state index is 9.87. The molecule has 128 valence electrons. The normalized spacial score (nSPS) is 11.5. The number of hydrogen-bond acceptors (Lipinski definition) is 6. The van der Waals surface area contributed by atoms with E-state index in [0.29, 0.717) is 29.0 Å². The Morgan fingerprint density at radius 1 is 1.19 bits per heavy atom. The first-order valence-corrected chi connectivity index (χ1v) is 7.95. The molecule has 0 atom stereocenters. The van der Waals surface area contributed by atoms with Gasteiger partial charge in [-0.15, -0.1) is 0 Å². The maximum Gasteiger partial charge on any atom is 0.161 e. The van der Waals surface area contributed by atoms with Crippen molar-refractivity contribution in [1.29, 1.82) is 5.26 Å². The van der Waals surface area contributed by atoms with Gasteiger partial charge in [-0.05, 0) is 47.0 Å². The molecule has 3 aromatic rings. The number of pyridine rings is 1. The Balaban J connectivity index is 2.02. The van der Waals surface area contributed by atoms with Crippen LogP contribution >= 0.6 is 0 Å². The Labute approximate surface area is 149 Å². The van der Waals surface area contributed by atoms with Gasteiger partial charge in [0.2, 0.25) is 0 Å². The topological polar surface area (TPSA) is 112 Å². The lowest BCUT2D eigenvalue weighted by molar-refractivity contribution is 0.373. The molecule has 0 bridgehead atoms. The number of fused-ring (bicyclic) bond motifs is 3. The molecule has 1 aliphatic rings. The van der Waals surface area contributed by atoms with Gasteiger partial charge in [-0.3, -0.25) is 0 Å². The fraction of sp³-hybridized carbons (Fsp3) is 0.100. The Morgan fingerprint density at radius 3 is 2.73 bits per heavy atom. The van der Waals surface area contributed by atoms with Crippen molar-refractivity contribution in [2.45, 2.75) is 6.42 Å². The zero-order valence-corrected chi connectivity index (χ0v) is 13.9. The molecule has 0 amide bonds. The third kappa shape index (κ3) is 2.22. The van der Waals surface area contributed by atoms with Crippen molar-refractivity contribution in [3.05, 3.63) is 53.1 Å². The van der Waals surface area contributed by atoms with E-state index in [1.807, 2.05) is 0 Å². The molecule has 0 unspecified atom stereocenters. The molecule has 6 nitrogen and oxygen atoms in total. The smallest absolute Gasteiger partial charge is 0.161 e. The number of nitrogens with two attached hydrogens (primary N) is 1. The molecule has 1 aliphatic carbocycles. The predicted octanol–water partition coefficient (Wildman–Crippen LogP) is 3.19. The number of aromatic hydroxyl groups is 2.